The van der Waals surface area contributed by atoms with Crippen LogP contribution in [0.4, 0.5) is 4.79 Å². The van der Waals surface area contributed by atoms with Gasteiger partial charge in [-0.3, -0.25) is 0 Å². The molecule has 2 unspecified atom stereocenters. The van der Waals surface area contributed by atoms with E-state index in [0.29, 0.717) is 25.4 Å². The van der Waals surface area contributed by atoms with Gasteiger partial charge in [-0.2, -0.15) is 0 Å². The molecule has 2 N–H and O–H groups in total. The van der Waals surface area contributed by atoms with Crippen LogP contribution in [0, 0.1) is 5.92 Å². The summed E-state index contributed by atoms with van der Waals surface area (Å²) in [6, 6.07) is -1.05. The quantitative estimate of drug-likeness (QED) is 0.742. The van der Waals surface area contributed by atoms with Gasteiger partial charge in [0.05, 0.1) is 6.10 Å². The maximum atomic E-state index is 11.8. The predicted molar refractivity (Wildman–Crippen MR) is 59.7 cm³/mol. The molecule has 2 amide bonds. The maximum absolute atomic E-state index is 11.8. The molecule has 0 aromatic heterocycles. The second kappa shape index (κ2) is 4.91. The lowest BCUT2D eigenvalue weighted by Crippen LogP contribution is -2.46. The third-order valence-electron chi connectivity index (χ3n) is 3.38. The summed E-state index contributed by atoms with van der Waals surface area (Å²) in [5, 5.41) is 11.8. The van der Waals surface area contributed by atoms with Crippen molar-refractivity contribution in [2.75, 3.05) is 20.2 Å². The third-order valence-corrected chi connectivity index (χ3v) is 3.38. The minimum Gasteiger partial charge on any atom is -0.480 e. The molecule has 17 heavy (non-hydrogen) atoms. The number of hydrogen-bond acceptors (Lipinski definition) is 3. The molecule has 1 aliphatic heterocycles. The van der Waals surface area contributed by atoms with Gasteiger partial charge in [-0.1, -0.05) is 0 Å². The van der Waals surface area contributed by atoms with Crippen LogP contribution in [-0.4, -0.2) is 54.4 Å². The molecule has 2 fully saturated rings. The van der Waals surface area contributed by atoms with Gasteiger partial charge in [-0.05, 0) is 18.8 Å². The van der Waals surface area contributed by atoms with Crippen molar-refractivity contribution >= 4 is 12.0 Å². The van der Waals surface area contributed by atoms with Crippen LogP contribution in [-0.2, 0) is 9.53 Å². The number of carbonyl (C=O) groups excluding carboxylic acids is 1. The number of urea groups is 1. The average Bonchev–Trinajstić information content (AvgIpc) is 3.02. The van der Waals surface area contributed by atoms with E-state index in [2.05, 4.69) is 5.32 Å². The van der Waals surface area contributed by atoms with E-state index < -0.39 is 12.0 Å². The lowest BCUT2D eigenvalue weighted by atomic mass is 10.2. The fourth-order valence-electron chi connectivity index (χ4n) is 2.08. The Morgan fingerprint density at radius 2 is 2.18 bits per heavy atom. The average molecular weight is 242 g/mol. The zero-order valence-electron chi connectivity index (χ0n) is 9.89. The standard InChI is InChI=1S/C11H18N2O4/c1-17-8-4-9(10(14)15)13(6-8)11(16)12-5-7-2-3-7/h7-9H,2-6H2,1H3,(H,12,16)(H,14,15). The monoisotopic (exact) mass is 242 g/mol. The zero-order chi connectivity index (χ0) is 12.4. The summed E-state index contributed by atoms with van der Waals surface area (Å²) < 4.78 is 5.12. The van der Waals surface area contributed by atoms with Crippen LogP contribution in [0.3, 0.4) is 0 Å². The Kier molecular flexibility index (Phi) is 3.51. The number of nitrogens with one attached hydrogen (secondary N) is 1. The number of carbonyl (C=O) groups is 2. The summed E-state index contributed by atoms with van der Waals surface area (Å²) in [6.07, 6.45) is 2.50. The van der Waals surface area contributed by atoms with Gasteiger partial charge in [0.2, 0.25) is 0 Å². The Labute approximate surface area is 99.9 Å². The number of likely N-dealkylation sites (tertiary alicyclic amines) is 1. The van der Waals surface area contributed by atoms with Crippen LogP contribution in [0.25, 0.3) is 0 Å². The first-order valence-electron chi connectivity index (χ1n) is 5.92. The molecular weight excluding hydrogens is 224 g/mol. The number of aliphatic carboxylic acids is 1. The van der Waals surface area contributed by atoms with Gasteiger partial charge in [0.1, 0.15) is 6.04 Å². The highest BCUT2D eigenvalue weighted by molar-refractivity contribution is 5.83. The Bertz CT molecular complexity index is 317. The molecule has 6 nitrogen and oxygen atoms in total. The molecule has 6 heteroatoms. The Morgan fingerprint density at radius 3 is 2.71 bits per heavy atom. The lowest BCUT2D eigenvalue weighted by molar-refractivity contribution is -0.141. The van der Waals surface area contributed by atoms with Crippen molar-refractivity contribution in [3.63, 3.8) is 0 Å². The SMILES string of the molecule is COC1CC(C(=O)O)N(C(=O)NCC2CC2)C1. The van der Waals surface area contributed by atoms with Gasteiger partial charge in [0.25, 0.3) is 0 Å². The minimum atomic E-state index is -0.967. The summed E-state index contributed by atoms with van der Waals surface area (Å²) >= 11 is 0. The molecule has 1 saturated carbocycles. The summed E-state index contributed by atoms with van der Waals surface area (Å²) in [5.74, 6) is -0.380. The summed E-state index contributed by atoms with van der Waals surface area (Å²) in [4.78, 5) is 24.3. The number of ether oxygens (including phenoxy) is 1. The number of rotatable bonds is 4. The number of hydrogen-bond donors (Lipinski definition) is 2. The third kappa shape index (κ3) is 2.88. The number of nitrogens with zero attached hydrogens (tertiary/aromatic N) is 1. The van der Waals surface area contributed by atoms with Crippen molar-refractivity contribution in [3.05, 3.63) is 0 Å². The highest BCUT2D eigenvalue weighted by Gasteiger charge is 2.40. The number of carboxylic acid groups (broad SMARTS) is 1. The second-order valence-corrected chi connectivity index (χ2v) is 4.73. The van der Waals surface area contributed by atoms with Crippen molar-refractivity contribution < 1.29 is 19.4 Å². The Balaban J connectivity index is 1.90. The smallest absolute Gasteiger partial charge is 0.326 e. The van der Waals surface area contributed by atoms with E-state index in [1.807, 2.05) is 0 Å². The summed E-state index contributed by atoms with van der Waals surface area (Å²) in [5.41, 5.74) is 0. The first kappa shape index (κ1) is 12.2. The van der Waals surface area contributed by atoms with Crippen LogP contribution < -0.4 is 5.32 Å². The van der Waals surface area contributed by atoms with E-state index in [0.717, 1.165) is 12.8 Å². The fraction of sp³-hybridized carbons (Fsp3) is 0.818. The summed E-state index contributed by atoms with van der Waals surface area (Å²) in [6.45, 7) is 1.00. The molecule has 2 rings (SSSR count). The lowest BCUT2D eigenvalue weighted by Gasteiger charge is -2.21. The van der Waals surface area contributed by atoms with Crippen molar-refractivity contribution in [2.24, 2.45) is 5.92 Å². The first-order valence-corrected chi connectivity index (χ1v) is 5.92. The molecule has 1 heterocycles. The molecular formula is C11H18N2O4. The number of amides is 2. The second-order valence-electron chi connectivity index (χ2n) is 4.73. The van der Waals surface area contributed by atoms with Gasteiger partial charge in [-0.25, -0.2) is 9.59 Å². The highest BCUT2D eigenvalue weighted by atomic mass is 16.5. The maximum Gasteiger partial charge on any atom is 0.326 e. The molecule has 0 radical (unpaired) electrons. The van der Waals surface area contributed by atoms with E-state index in [9.17, 15) is 9.59 Å². The number of carboxylic acids is 1. The summed E-state index contributed by atoms with van der Waals surface area (Å²) in [7, 11) is 1.54. The molecule has 0 aromatic rings. The molecule has 2 aliphatic rings. The van der Waals surface area contributed by atoms with E-state index in [1.165, 1.54) is 12.0 Å². The normalized spacial score (nSPS) is 28.2. The van der Waals surface area contributed by atoms with Crippen LogP contribution >= 0.6 is 0 Å². The topological polar surface area (TPSA) is 78.9 Å². The van der Waals surface area contributed by atoms with E-state index >= 15 is 0 Å². The molecule has 0 spiro atoms. The molecule has 1 aliphatic carbocycles. The van der Waals surface area contributed by atoms with Crippen molar-refractivity contribution in [3.8, 4) is 0 Å². The molecule has 2 atom stereocenters. The van der Waals surface area contributed by atoms with Crippen LogP contribution in [0.15, 0.2) is 0 Å². The van der Waals surface area contributed by atoms with Gasteiger partial charge in [-0.15, -0.1) is 0 Å². The van der Waals surface area contributed by atoms with Crippen molar-refractivity contribution in [1.82, 2.24) is 10.2 Å². The molecule has 0 bridgehead atoms. The molecule has 0 aromatic carbocycles. The Morgan fingerprint density at radius 1 is 1.47 bits per heavy atom. The minimum absolute atomic E-state index is 0.178. The fourth-order valence-corrected chi connectivity index (χ4v) is 2.08. The van der Waals surface area contributed by atoms with E-state index in [4.69, 9.17) is 9.84 Å². The van der Waals surface area contributed by atoms with Crippen LogP contribution in [0.2, 0.25) is 0 Å². The van der Waals surface area contributed by atoms with Crippen molar-refractivity contribution in [2.45, 2.75) is 31.4 Å². The number of methoxy groups -OCH3 is 1. The highest BCUT2D eigenvalue weighted by Crippen LogP contribution is 2.28. The molecule has 96 valence electrons. The van der Waals surface area contributed by atoms with Gasteiger partial charge >= 0.3 is 12.0 Å². The van der Waals surface area contributed by atoms with E-state index in [-0.39, 0.29) is 12.1 Å². The van der Waals surface area contributed by atoms with Crippen molar-refractivity contribution in [1.29, 1.82) is 0 Å². The van der Waals surface area contributed by atoms with Gasteiger partial charge in [0.15, 0.2) is 0 Å². The predicted octanol–water partition coefficient (Wildman–Crippen LogP) is 0.280. The van der Waals surface area contributed by atoms with Gasteiger partial charge in [0, 0.05) is 26.6 Å². The first-order chi connectivity index (χ1) is 8.11. The van der Waals surface area contributed by atoms with Crippen LogP contribution in [0.5, 0.6) is 0 Å². The van der Waals surface area contributed by atoms with Gasteiger partial charge < -0.3 is 20.1 Å². The van der Waals surface area contributed by atoms with E-state index in [1.54, 1.807) is 0 Å². The molecule has 1 saturated heterocycles. The zero-order valence-corrected chi connectivity index (χ0v) is 9.89. The Hall–Kier alpha value is -1.30. The van der Waals surface area contributed by atoms with Crippen LogP contribution in [0.1, 0.15) is 19.3 Å². The largest absolute Gasteiger partial charge is 0.480 e.